The minimum absolute atomic E-state index is 0.108. The Morgan fingerprint density at radius 2 is 1.86 bits per heavy atom. The van der Waals surface area contributed by atoms with Crippen LogP contribution in [-0.2, 0) is 15.3 Å². The van der Waals surface area contributed by atoms with E-state index in [4.69, 9.17) is 9.26 Å². The first-order chi connectivity index (χ1) is 20.4. The van der Waals surface area contributed by atoms with Gasteiger partial charge in [0.2, 0.25) is 9.84 Å². The highest BCUT2D eigenvalue weighted by molar-refractivity contribution is 7.91. The largest absolute Gasteiger partial charge is 0.457 e. The lowest BCUT2D eigenvalue weighted by molar-refractivity contribution is 0.262. The minimum Gasteiger partial charge on any atom is -0.457 e. The van der Waals surface area contributed by atoms with Crippen LogP contribution < -0.4 is 15.4 Å². The lowest BCUT2D eigenvalue weighted by Gasteiger charge is -2.14. The van der Waals surface area contributed by atoms with Crippen LogP contribution in [0.15, 0.2) is 88.7 Å². The molecule has 0 aliphatic carbocycles. The summed E-state index contributed by atoms with van der Waals surface area (Å²) in [6.45, 7) is 5.78. The van der Waals surface area contributed by atoms with E-state index >= 15 is 0 Å². The molecule has 0 spiro atoms. The zero-order valence-electron chi connectivity index (χ0n) is 23.3. The summed E-state index contributed by atoms with van der Waals surface area (Å²) in [5, 5.41) is 22.6. The lowest BCUT2D eigenvalue weighted by Crippen LogP contribution is -2.22. The molecule has 0 saturated carbocycles. The number of nitrogens with zero attached hydrogens (tertiary/aromatic N) is 4. The van der Waals surface area contributed by atoms with Crippen LogP contribution in [0.5, 0.6) is 11.5 Å². The van der Waals surface area contributed by atoms with Crippen molar-refractivity contribution < 1.29 is 32.0 Å². The Balaban J connectivity index is 1.34. The molecule has 0 fully saturated rings. The number of rotatable bonds is 8. The summed E-state index contributed by atoms with van der Waals surface area (Å²) in [6.07, 6.45) is 4.48. The number of anilines is 2. The van der Waals surface area contributed by atoms with Gasteiger partial charge < -0.3 is 19.7 Å². The van der Waals surface area contributed by atoms with E-state index in [0.717, 1.165) is 6.07 Å². The molecular weight excluding hydrogens is 579 g/mol. The Hall–Kier alpha value is -5.08. The second kappa shape index (κ2) is 11.7. The molecule has 0 bridgehead atoms. The molecule has 0 radical (unpaired) electrons. The second-order valence-corrected chi connectivity index (χ2v) is 12.4. The molecule has 0 saturated heterocycles. The zero-order chi connectivity index (χ0) is 30.8. The molecule has 14 heteroatoms. The van der Waals surface area contributed by atoms with Crippen LogP contribution >= 0.6 is 0 Å². The topological polar surface area (TPSA) is 161 Å². The van der Waals surface area contributed by atoms with Gasteiger partial charge in [0.05, 0.1) is 39.4 Å². The van der Waals surface area contributed by atoms with Crippen LogP contribution in [0.3, 0.4) is 0 Å². The molecule has 0 unspecified atom stereocenters. The van der Waals surface area contributed by atoms with E-state index in [-0.39, 0.29) is 22.2 Å². The van der Waals surface area contributed by atoms with Crippen molar-refractivity contribution in [3.8, 4) is 28.4 Å². The number of carbonyl (C=O) groups is 1. The fraction of sp³-hybridized carbons (Fsp3) is 0.172. The van der Waals surface area contributed by atoms with Crippen LogP contribution in [0.25, 0.3) is 16.9 Å². The van der Waals surface area contributed by atoms with Crippen LogP contribution in [0.1, 0.15) is 26.5 Å². The van der Waals surface area contributed by atoms with Gasteiger partial charge in [-0.2, -0.15) is 5.10 Å². The maximum atomic E-state index is 15.0. The third-order valence-electron chi connectivity index (χ3n) is 6.19. The summed E-state index contributed by atoms with van der Waals surface area (Å²) in [4.78, 5) is 17.1. The lowest BCUT2D eigenvalue weighted by atomic mass is 9.92. The van der Waals surface area contributed by atoms with Crippen molar-refractivity contribution in [1.82, 2.24) is 19.9 Å². The number of aliphatic hydroxyl groups excluding tert-OH is 1. The van der Waals surface area contributed by atoms with Crippen LogP contribution in [0, 0.1) is 5.82 Å². The summed E-state index contributed by atoms with van der Waals surface area (Å²) in [7, 11) is -3.91. The summed E-state index contributed by atoms with van der Waals surface area (Å²) in [5.74, 6) is -0.994. The number of benzene rings is 2. The molecule has 12 nitrogen and oxygen atoms in total. The van der Waals surface area contributed by atoms with Gasteiger partial charge in [0, 0.05) is 29.8 Å². The Labute approximate surface area is 246 Å². The number of hydrogen-bond donors (Lipinski definition) is 3. The number of pyridine rings is 1. The first-order valence-electron chi connectivity index (χ1n) is 12.9. The van der Waals surface area contributed by atoms with Gasteiger partial charge in [-0.15, -0.1) is 0 Å². The van der Waals surface area contributed by atoms with Crippen molar-refractivity contribution in [3.63, 3.8) is 0 Å². The molecule has 222 valence electrons. The summed E-state index contributed by atoms with van der Waals surface area (Å²) in [6, 6.07) is 13.9. The predicted molar refractivity (Wildman–Crippen MR) is 155 cm³/mol. The maximum absolute atomic E-state index is 15.0. The SMILES string of the molecule is CC(C)(C)c1cc(NC(=O)Nc2ccc(Oc3ccnc(-c4cnoc4)c3)cc2F)n(-c2cccc(S(=O)(=O)CO)c2)n1. The number of nitrogens with one attached hydrogen (secondary N) is 2. The Morgan fingerprint density at radius 3 is 2.56 bits per heavy atom. The first kappa shape index (κ1) is 29.4. The smallest absolute Gasteiger partial charge is 0.324 e. The zero-order valence-corrected chi connectivity index (χ0v) is 24.1. The Morgan fingerprint density at radius 1 is 1.07 bits per heavy atom. The normalized spacial score (nSPS) is 11.7. The van der Waals surface area contributed by atoms with Gasteiger partial charge in [0.25, 0.3) is 0 Å². The highest BCUT2D eigenvalue weighted by Gasteiger charge is 2.23. The number of ether oxygens (including phenoxy) is 1. The van der Waals surface area contributed by atoms with Gasteiger partial charge >= 0.3 is 6.03 Å². The highest BCUT2D eigenvalue weighted by Crippen LogP contribution is 2.30. The fourth-order valence-corrected chi connectivity index (χ4v) is 4.68. The van der Waals surface area contributed by atoms with Crippen molar-refractivity contribution in [2.45, 2.75) is 31.1 Å². The van der Waals surface area contributed by atoms with Crippen LogP contribution in [-0.4, -0.2) is 45.4 Å². The molecule has 2 aromatic carbocycles. The van der Waals surface area contributed by atoms with Gasteiger partial charge in [0.1, 0.15) is 35.3 Å². The van der Waals surface area contributed by atoms with E-state index < -0.39 is 33.0 Å². The number of urea groups is 1. The van der Waals surface area contributed by atoms with Crippen molar-refractivity contribution >= 4 is 27.4 Å². The van der Waals surface area contributed by atoms with Gasteiger partial charge in [0.15, 0.2) is 0 Å². The maximum Gasteiger partial charge on any atom is 0.324 e. The average Bonchev–Trinajstić information content (AvgIpc) is 3.66. The number of sulfone groups is 1. The molecular formula is C29H27FN6O6S. The second-order valence-electron chi connectivity index (χ2n) is 10.4. The highest BCUT2D eigenvalue weighted by atomic mass is 32.2. The minimum atomic E-state index is -3.91. The number of halogens is 1. The predicted octanol–water partition coefficient (Wildman–Crippen LogP) is 5.52. The summed E-state index contributed by atoms with van der Waals surface area (Å²) < 4.78 is 51.4. The average molecular weight is 607 g/mol. The number of aromatic nitrogens is 4. The molecule has 43 heavy (non-hydrogen) atoms. The van der Waals surface area contributed by atoms with Crippen molar-refractivity contribution in [3.05, 3.63) is 90.8 Å². The van der Waals surface area contributed by atoms with Crippen molar-refractivity contribution in [1.29, 1.82) is 0 Å². The molecule has 2 amide bonds. The fourth-order valence-electron chi connectivity index (χ4n) is 3.95. The van der Waals surface area contributed by atoms with E-state index in [2.05, 4.69) is 25.9 Å². The third kappa shape index (κ3) is 6.71. The van der Waals surface area contributed by atoms with E-state index in [1.165, 1.54) is 53.7 Å². The van der Waals surface area contributed by atoms with Gasteiger partial charge in [-0.1, -0.05) is 32.0 Å². The summed E-state index contributed by atoms with van der Waals surface area (Å²) in [5.41, 5.74) is 1.62. The monoisotopic (exact) mass is 606 g/mol. The number of carbonyl (C=O) groups excluding carboxylic acids is 1. The van der Waals surface area contributed by atoms with Gasteiger partial charge in [-0.25, -0.2) is 22.3 Å². The van der Waals surface area contributed by atoms with Crippen molar-refractivity contribution in [2.75, 3.05) is 16.6 Å². The Bertz CT molecular complexity index is 1880. The molecule has 5 aromatic rings. The van der Waals surface area contributed by atoms with E-state index in [0.29, 0.717) is 28.4 Å². The van der Waals surface area contributed by atoms with E-state index in [1.54, 1.807) is 24.3 Å². The molecule has 0 aliphatic rings. The van der Waals surface area contributed by atoms with Crippen molar-refractivity contribution in [2.24, 2.45) is 0 Å². The Kier molecular flexibility index (Phi) is 7.98. The standard InChI is InChI=1S/C29H27FN6O6S/c1-29(2,3)26-14-27(36(35-26)19-5-4-6-22(11-19)43(39,40)17-37)34-28(38)33-24-8-7-20(12-23(24)30)42-21-9-10-31-25(13-21)18-15-32-41-16-18/h4-16,37H,17H2,1-3H3,(H2,33,34,38). The van der Waals surface area contributed by atoms with Crippen LogP contribution in [0.4, 0.5) is 20.7 Å². The number of aliphatic hydroxyl groups is 1. The quantitative estimate of drug-likeness (QED) is 0.207. The van der Waals surface area contributed by atoms with E-state index in [1.807, 2.05) is 20.8 Å². The molecule has 5 rings (SSSR count). The molecule has 3 N–H and O–H groups in total. The summed E-state index contributed by atoms with van der Waals surface area (Å²) >= 11 is 0. The first-order valence-corrected chi connectivity index (χ1v) is 14.5. The number of amides is 2. The molecule has 0 atom stereocenters. The van der Waals surface area contributed by atoms with Crippen LogP contribution in [0.2, 0.25) is 0 Å². The molecule has 3 heterocycles. The van der Waals surface area contributed by atoms with E-state index in [9.17, 15) is 22.7 Å². The number of hydrogen-bond acceptors (Lipinski definition) is 9. The van der Waals surface area contributed by atoms with Gasteiger partial charge in [-0.3, -0.25) is 10.3 Å². The third-order valence-corrected chi connectivity index (χ3v) is 7.51. The molecule has 0 aliphatic heterocycles. The molecule has 3 aromatic heterocycles. The van der Waals surface area contributed by atoms with Gasteiger partial charge in [-0.05, 0) is 36.4 Å².